The van der Waals surface area contributed by atoms with Crippen molar-refractivity contribution in [2.45, 2.75) is 13.5 Å². The number of rotatable bonds is 5. The van der Waals surface area contributed by atoms with Gasteiger partial charge in [-0.3, -0.25) is 4.79 Å². The van der Waals surface area contributed by atoms with E-state index in [1.807, 2.05) is 37.3 Å². The van der Waals surface area contributed by atoms with Crippen LogP contribution in [0.15, 0.2) is 54.6 Å². The predicted molar refractivity (Wildman–Crippen MR) is 79.8 cm³/mol. The van der Waals surface area contributed by atoms with Crippen LogP contribution in [0.1, 0.15) is 21.5 Å². The summed E-state index contributed by atoms with van der Waals surface area (Å²) in [6, 6.07) is 16.4. The fourth-order valence-corrected chi connectivity index (χ4v) is 1.84. The molecule has 1 amide bonds. The Bertz CT molecular complexity index is 623. The Hall–Kier alpha value is -2.62. The lowest BCUT2D eigenvalue weighted by Crippen LogP contribution is -2.28. The smallest absolute Gasteiger partial charge is 0.338 e. The number of hydrogen-bond donors (Lipinski definition) is 1. The van der Waals surface area contributed by atoms with Gasteiger partial charge in [0.2, 0.25) is 0 Å². The predicted octanol–water partition coefficient (Wildman–Crippen LogP) is 2.47. The first-order valence-electron chi connectivity index (χ1n) is 6.70. The molecular formula is C17H17NO3. The second kappa shape index (κ2) is 7.24. The number of hydrogen-bond acceptors (Lipinski definition) is 3. The SMILES string of the molecule is Cc1ccccc1CNC(=O)COC(=O)c1ccccc1. The second-order valence-corrected chi connectivity index (χ2v) is 4.65. The molecule has 0 heterocycles. The van der Waals surface area contributed by atoms with Crippen LogP contribution in [-0.2, 0) is 16.1 Å². The van der Waals surface area contributed by atoms with Gasteiger partial charge in [0.1, 0.15) is 0 Å². The molecule has 0 radical (unpaired) electrons. The Balaban J connectivity index is 1.78. The molecule has 0 aliphatic carbocycles. The first kappa shape index (κ1) is 14.8. The maximum atomic E-state index is 11.7. The molecule has 0 bridgehead atoms. The maximum Gasteiger partial charge on any atom is 0.338 e. The van der Waals surface area contributed by atoms with Crippen LogP contribution in [0.5, 0.6) is 0 Å². The van der Waals surface area contributed by atoms with Crippen LogP contribution in [-0.4, -0.2) is 18.5 Å². The van der Waals surface area contributed by atoms with Gasteiger partial charge in [-0.25, -0.2) is 4.79 Å². The molecular weight excluding hydrogens is 266 g/mol. The van der Waals surface area contributed by atoms with Crippen LogP contribution >= 0.6 is 0 Å². The van der Waals surface area contributed by atoms with Gasteiger partial charge in [0.05, 0.1) is 5.56 Å². The van der Waals surface area contributed by atoms with Gasteiger partial charge in [0.15, 0.2) is 6.61 Å². The quantitative estimate of drug-likeness (QED) is 0.858. The summed E-state index contributed by atoms with van der Waals surface area (Å²) in [7, 11) is 0. The van der Waals surface area contributed by atoms with Gasteiger partial charge in [-0.2, -0.15) is 0 Å². The molecule has 0 aliphatic rings. The molecule has 2 aromatic carbocycles. The third-order valence-corrected chi connectivity index (χ3v) is 3.08. The minimum absolute atomic E-state index is 0.278. The Morgan fingerprint density at radius 2 is 1.67 bits per heavy atom. The van der Waals surface area contributed by atoms with Gasteiger partial charge in [-0.15, -0.1) is 0 Å². The molecule has 4 nitrogen and oxygen atoms in total. The van der Waals surface area contributed by atoms with Crippen molar-refractivity contribution >= 4 is 11.9 Å². The summed E-state index contributed by atoms with van der Waals surface area (Å²) in [5, 5.41) is 2.73. The number of carbonyl (C=O) groups excluding carboxylic acids is 2. The fourth-order valence-electron chi connectivity index (χ4n) is 1.84. The average Bonchev–Trinajstić information content (AvgIpc) is 2.52. The van der Waals surface area contributed by atoms with E-state index in [9.17, 15) is 9.59 Å². The topological polar surface area (TPSA) is 55.4 Å². The molecule has 1 N–H and O–H groups in total. The highest BCUT2D eigenvalue weighted by molar-refractivity contribution is 5.91. The van der Waals surface area contributed by atoms with Crippen molar-refractivity contribution in [1.82, 2.24) is 5.32 Å². The summed E-state index contributed by atoms with van der Waals surface area (Å²) in [5.74, 6) is -0.816. The van der Waals surface area contributed by atoms with E-state index in [0.717, 1.165) is 11.1 Å². The highest BCUT2D eigenvalue weighted by Crippen LogP contribution is 2.06. The van der Waals surface area contributed by atoms with Gasteiger partial charge < -0.3 is 10.1 Å². The zero-order valence-electron chi connectivity index (χ0n) is 11.8. The first-order chi connectivity index (χ1) is 10.2. The number of nitrogens with one attached hydrogen (secondary N) is 1. The summed E-state index contributed by atoms with van der Waals surface area (Å²) < 4.78 is 4.96. The number of amides is 1. The molecule has 0 atom stereocenters. The first-order valence-corrected chi connectivity index (χ1v) is 6.70. The van der Waals surface area contributed by atoms with Crippen molar-refractivity contribution in [1.29, 1.82) is 0 Å². The Morgan fingerprint density at radius 1 is 1.00 bits per heavy atom. The zero-order chi connectivity index (χ0) is 15.1. The van der Waals surface area contributed by atoms with Crippen LogP contribution in [0, 0.1) is 6.92 Å². The minimum atomic E-state index is -0.498. The van der Waals surface area contributed by atoms with Crippen LogP contribution in [0.2, 0.25) is 0 Å². The summed E-state index contributed by atoms with van der Waals surface area (Å²) in [5.41, 5.74) is 2.59. The molecule has 2 rings (SSSR count). The van der Waals surface area contributed by atoms with Gasteiger partial charge in [-0.05, 0) is 30.2 Å². The van der Waals surface area contributed by atoms with Gasteiger partial charge in [0, 0.05) is 6.54 Å². The van der Waals surface area contributed by atoms with Crippen LogP contribution in [0.3, 0.4) is 0 Å². The third-order valence-electron chi connectivity index (χ3n) is 3.08. The van der Waals surface area contributed by atoms with Crippen molar-refractivity contribution in [2.24, 2.45) is 0 Å². The molecule has 21 heavy (non-hydrogen) atoms. The molecule has 0 saturated carbocycles. The summed E-state index contributed by atoms with van der Waals surface area (Å²) in [6.45, 7) is 2.13. The molecule has 0 spiro atoms. The van der Waals surface area contributed by atoms with E-state index < -0.39 is 5.97 Å². The van der Waals surface area contributed by atoms with Crippen molar-refractivity contribution in [3.8, 4) is 0 Å². The average molecular weight is 283 g/mol. The minimum Gasteiger partial charge on any atom is -0.452 e. The fraction of sp³-hybridized carbons (Fsp3) is 0.176. The van der Waals surface area contributed by atoms with E-state index in [1.54, 1.807) is 24.3 Å². The highest BCUT2D eigenvalue weighted by Gasteiger charge is 2.09. The van der Waals surface area contributed by atoms with Crippen LogP contribution in [0.25, 0.3) is 0 Å². The molecule has 0 aliphatic heterocycles. The molecule has 0 saturated heterocycles. The Morgan fingerprint density at radius 3 is 2.38 bits per heavy atom. The number of benzene rings is 2. The monoisotopic (exact) mass is 283 g/mol. The van der Waals surface area contributed by atoms with Crippen molar-refractivity contribution in [3.05, 3.63) is 71.3 Å². The van der Waals surface area contributed by atoms with Gasteiger partial charge >= 0.3 is 5.97 Å². The van der Waals surface area contributed by atoms with E-state index >= 15 is 0 Å². The van der Waals surface area contributed by atoms with E-state index in [0.29, 0.717) is 12.1 Å². The Labute approximate surface area is 123 Å². The Kier molecular flexibility index (Phi) is 5.10. The number of carbonyl (C=O) groups is 2. The molecule has 0 aromatic heterocycles. The number of ether oxygens (including phenoxy) is 1. The highest BCUT2D eigenvalue weighted by atomic mass is 16.5. The summed E-state index contributed by atoms with van der Waals surface area (Å²) in [6.07, 6.45) is 0. The standard InChI is InChI=1S/C17H17NO3/c1-13-7-5-6-10-15(13)11-18-16(19)12-21-17(20)14-8-3-2-4-9-14/h2-10H,11-12H2,1H3,(H,18,19). The zero-order valence-corrected chi connectivity index (χ0v) is 11.8. The summed E-state index contributed by atoms with van der Waals surface area (Å²) in [4.78, 5) is 23.4. The lowest BCUT2D eigenvalue weighted by molar-refractivity contribution is -0.124. The normalized spacial score (nSPS) is 9.95. The lowest BCUT2D eigenvalue weighted by atomic mass is 10.1. The maximum absolute atomic E-state index is 11.7. The van der Waals surface area contributed by atoms with E-state index in [-0.39, 0.29) is 12.5 Å². The van der Waals surface area contributed by atoms with Crippen molar-refractivity contribution < 1.29 is 14.3 Å². The van der Waals surface area contributed by atoms with E-state index in [2.05, 4.69) is 5.32 Å². The number of aryl methyl sites for hydroxylation is 1. The van der Waals surface area contributed by atoms with Crippen molar-refractivity contribution in [2.75, 3.05) is 6.61 Å². The van der Waals surface area contributed by atoms with Gasteiger partial charge in [0.25, 0.3) is 5.91 Å². The third kappa shape index (κ3) is 4.45. The molecule has 2 aromatic rings. The molecule has 0 fully saturated rings. The van der Waals surface area contributed by atoms with E-state index in [4.69, 9.17) is 4.74 Å². The lowest BCUT2D eigenvalue weighted by Gasteiger charge is -2.08. The largest absolute Gasteiger partial charge is 0.452 e. The van der Waals surface area contributed by atoms with Crippen LogP contribution in [0.4, 0.5) is 0 Å². The summed E-state index contributed by atoms with van der Waals surface area (Å²) >= 11 is 0. The second-order valence-electron chi connectivity index (χ2n) is 4.65. The number of esters is 1. The van der Waals surface area contributed by atoms with Crippen molar-refractivity contribution in [3.63, 3.8) is 0 Å². The van der Waals surface area contributed by atoms with Crippen LogP contribution < -0.4 is 5.32 Å². The molecule has 4 heteroatoms. The molecule has 108 valence electrons. The van der Waals surface area contributed by atoms with Gasteiger partial charge in [-0.1, -0.05) is 42.5 Å². The molecule has 0 unspecified atom stereocenters. The van der Waals surface area contributed by atoms with E-state index in [1.165, 1.54) is 0 Å².